The number of nitrogens with zero attached hydrogens (tertiary/aromatic N) is 1. The maximum Gasteiger partial charge on any atom is 0.0702 e. The highest BCUT2D eigenvalue weighted by atomic mass is 16.5. The van der Waals surface area contributed by atoms with E-state index in [0.29, 0.717) is 6.10 Å². The van der Waals surface area contributed by atoms with E-state index in [-0.39, 0.29) is 0 Å². The Balaban J connectivity index is 1.87. The number of hydrogen-bond acceptors (Lipinski definition) is 3. The van der Waals surface area contributed by atoms with Crippen molar-refractivity contribution < 1.29 is 4.74 Å². The van der Waals surface area contributed by atoms with Gasteiger partial charge in [0.15, 0.2) is 0 Å². The lowest BCUT2D eigenvalue weighted by Gasteiger charge is -2.20. The average molecular weight is 228 g/mol. The zero-order chi connectivity index (χ0) is 11.6. The Morgan fingerprint density at radius 2 is 2.19 bits per heavy atom. The van der Waals surface area contributed by atoms with Gasteiger partial charge in [-0.05, 0) is 58.8 Å². The minimum Gasteiger partial charge on any atom is -0.377 e. The van der Waals surface area contributed by atoms with Crippen molar-refractivity contribution >= 4 is 0 Å². The first-order valence-electron chi connectivity index (χ1n) is 6.83. The molecule has 1 fully saturated rings. The van der Waals surface area contributed by atoms with E-state index >= 15 is 0 Å². The summed E-state index contributed by atoms with van der Waals surface area (Å²) in [6, 6.07) is 0. The molecule has 3 nitrogen and oxygen atoms in total. The number of hydrogen-bond donors (Lipinski definition) is 1. The summed E-state index contributed by atoms with van der Waals surface area (Å²) < 4.78 is 5.63. The number of likely N-dealkylation sites (N-methyl/N-ethyl adjacent to an activating group) is 1. The molecule has 1 unspecified atom stereocenters. The Hall–Kier alpha value is -0.120. The molecular weight excluding hydrogens is 200 g/mol. The van der Waals surface area contributed by atoms with Crippen molar-refractivity contribution in [2.75, 3.05) is 39.8 Å². The highest BCUT2D eigenvalue weighted by molar-refractivity contribution is 4.68. The Kier molecular flexibility index (Phi) is 7.81. The molecule has 0 bridgehead atoms. The van der Waals surface area contributed by atoms with Gasteiger partial charge in [0.25, 0.3) is 0 Å². The summed E-state index contributed by atoms with van der Waals surface area (Å²) in [6.45, 7) is 7.82. The summed E-state index contributed by atoms with van der Waals surface area (Å²) in [4.78, 5) is 2.41. The number of nitrogens with one attached hydrogen (secondary N) is 1. The molecule has 0 aliphatic carbocycles. The second-order valence-corrected chi connectivity index (χ2v) is 4.85. The van der Waals surface area contributed by atoms with Crippen LogP contribution in [-0.2, 0) is 4.74 Å². The van der Waals surface area contributed by atoms with Gasteiger partial charge in [0.05, 0.1) is 6.10 Å². The van der Waals surface area contributed by atoms with Gasteiger partial charge < -0.3 is 15.0 Å². The largest absolute Gasteiger partial charge is 0.377 e. The van der Waals surface area contributed by atoms with Crippen molar-refractivity contribution in [1.82, 2.24) is 10.2 Å². The first kappa shape index (κ1) is 13.9. The van der Waals surface area contributed by atoms with Crippen LogP contribution >= 0.6 is 0 Å². The molecule has 1 saturated heterocycles. The third-order valence-corrected chi connectivity index (χ3v) is 3.11. The molecule has 96 valence electrons. The van der Waals surface area contributed by atoms with Gasteiger partial charge in [0.1, 0.15) is 0 Å². The molecule has 0 aromatic heterocycles. The molecule has 1 aliphatic heterocycles. The Morgan fingerprint density at radius 3 is 2.88 bits per heavy atom. The minimum absolute atomic E-state index is 0.503. The van der Waals surface area contributed by atoms with Crippen molar-refractivity contribution in [3.8, 4) is 0 Å². The predicted molar refractivity (Wildman–Crippen MR) is 68.9 cm³/mol. The SMILES string of the molecule is CCCNCCCCN(C)CC1CCCO1. The van der Waals surface area contributed by atoms with E-state index in [4.69, 9.17) is 4.74 Å². The van der Waals surface area contributed by atoms with Crippen LogP contribution in [-0.4, -0.2) is 50.8 Å². The summed E-state index contributed by atoms with van der Waals surface area (Å²) >= 11 is 0. The lowest BCUT2D eigenvalue weighted by atomic mass is 10.2. The molecule has 3 heteroatoms. The normalized spacial score (nSPS) is 20.8. The van der Waals surface area contributed by atoms with E-state index < -0.39 is 0 Å². The third-order valence-electron chi connectivity index (χ3n) is 3.11. The van der Waals surface area contributed by atoms with Gasteiger partial charge >= 0.3 is 0 Å². The van der Waals surface area contributed by atoms with Gasteiger partial charge in [0, 0.05) is 13.2 Å². The summed E-state index contributed by atoms with van der Waals surface area (Å²) in [5.41, 5.74) is 0. The summed E-state index contributed by atoms with van der Waals surface area (Å²) in [7, 11) is 2.21. The lowest BCUT2D eigenvalue weighted by molar-refractivity contribution is 0.0808. The highest BCUT2D eigenvalue weighted by Gasteiger charge is 2.16. The van der Waals surface area contributed by atoms with Gasteiger partial charge in [-0.2, -0.15) is 0 Å². The second kappa shape index (κ2) is 8.97. The quantitative estimate of drug-likeness (QED) is 0.610. The van der Waals surface area contributed by atoms with E-state index in [0.717, 1.165) is 19.7 Å². The van der Waals surface area contributed by atoms with E-state index in [1.165, 1.54) is 45.2 Å². The molecule has 1 N–H and O–H groups in total. The fourth-order valence-electron chi connectivity index (χ4n) is 2.16. The molecule has 0 aromatic rings. The van der Waals surface area contributed by atoms with Crippen LogP contribution in [0.3, 0.4) is 0 Å². The third kappa shape index (κ3) is 6.46. The first-order chi connectivity index (χ1) is 7.83. The molecule has 0 amide bonds. The van der Waals surface area contributed by atoms with Crippen LogP contribution < -0.4 is 5.32 Å². The van der Waals surface area contributed by atoms with E-state index in [9.17, 15) is 0 Å². The molecule has 0 saturated carbocycles. The molecular formula is C13H28N2O. The van der Waals surface area contributed by atoms with Crippen LogP contribution in [0.4, 0.5) is 0 Å². The molecule has 1 rings (SSSR count). The van der Waals surface area contributed by atoms with Crippen molar-refractivity contribution in [3.63, 3.8) is 0 Å². The van der Waals surface area contributed by atoms with Gasteiger partial charge in [-0.1, -0.05) is 6.92 Å². The molecule has 16 heavy (non-hydrogen) atoms. The standard InChI is InChI=1S/C13H28N2O/c1-3-8-14-9-4-5-10-15(2)12-13-7-6-11-16-13/h13-14H,3-12H2,1-2H3. The molecule has 1 aliphatic rings. The van der Waals surface area contributed by atoms with E-state index in [1.807, 2.05) is 0 Å². The molecule has 0 aromatic carbocycles. The zero-order valence-electron chi connectivity index (χ0n) is 11.0. The van der Waals surface area contributed by atoms with Crippen LogP contribution in [0.2, 0.25) is 0 Å². The van der Waals surface area contributed by atoms with Gasteiger partial charge in [-0.15, -0.1) is 0 Å². The Labute approximate surface area is 101 Å². The van der Waals surface area contributed by atoms with Crippen LogP contribution in [0.1, 0.15) is 39.0 Å². The fourth-order valence-corrected chi connectivity index (χ4v) is 2.16. The van der Waals surface area contributed by atoms with Gasteiger partial charge in [-0.3, -0.25) is 0 Å². The van der Waals surface area contributed by atoms with Crippen LogP contribution in [0, 0.1) is 0 Å². The monoisotopic (exact) mass is 228 g/mol. The second-order valence-electron chi connectivity index (χ2n) is 4.85. The van der Waals surface area contributed by atoms with Crippen LogP contribution in [0.25, 0.3) is 0 Å². The smallest absolute Gasteiger partial charge is 0.0702 e. The van der Waals surface area contributed by atoms with Crippen molar-refractivity contribution in [3.05, 3.63) is 0 Å². The maximum absolute atomic E-state index is 5.63. The average Bonchev–Trinajstić information content (AvgIpc) is 2.76. The molecule has 0 spiro atoms. The van der Waals surface area contributed by atoms with Crippen molar-refractivity contribution in [2.45, 2.75) is 45.1 Å². The first-order valence-corrected chi connectivity index (χ1v) is 6.83. The summed E-state index contributed by atoms with van der Waals surface area (Å²) in [6.07, 6.45) is 6.82. The van der Waals surface area contributed by atoms with E-state index in [2.05, 4.69) is 24.2 Å². The van der Waals surface area contributed by atoms with Crippen molar-refractivity contribution in [1.29, 1.82) is 0 Å². The number of unbranched alkanes of at least 4 members (excludes halogenated alkanes) is 1. The van der Waals surface area contributed by atoms with Crippen molar-refractivity contribution in [2.24, 2.45) is 0 Å². The van der Waals surface area contributed by atoms with E-state index in [1.54, 1.807) is 0 Å². The molecule has 1 heterocycles. The van der Waals surface area contributed by atoms with Gasteiger partial charge in [-0.25, -0.2) is 0 Å². The topological polar surface area (TPSA) is 24.5 Å². The number of ether oxygens (including phenoxy) is 1. The highest BCUT2D eigenvalue weighted by Crippen LogP contribution is 2.12. The van der Waals surface area contributed by atoms with Gasteiger partial charge in [0.2, 0.25) is 0 Å². The molecule has 1 atom stereocenters. The summed E-state index contributed by atoms with van der Waals surface area (Å²) in [5.74, 6) is 0. The van der Waals surface area contributed by atoms with Crippen LogP contribution in [0.15, 0.2) is 0 Å². The Morgan fingerprint density at radius 1 is 1.31 bits per heavy atom. The molecule has 0 radical (unpaired) electrons. The number of rotatable bonds is 9. The van der Waals surface area contributed by atoms with Crippen LogP contribution in [0.5, 0.6) is 0 Å². The fraction of sp³-hybridized carbons (Fsp3) is 1.00. The predicted octanol–water partition coefficient (Wildman–Crippen LogP) is 1.88. The summed E-state index contributed by atoms with van der Waals surface area (Å²) in [5, 5.41) is 3.44. The Bertz CT molecular complexity index is 158. The minimum atomic E-state index is 0.503. The lowest BCUT2D eigenvalue weighted by Crippen LogP contribution is -2.30. The maximum atomic E-state index is 5.63. The zero-order valence-corrected chi connectivity index (χ0v) is 11.0.